The minimum atomic E-state index is -2.56. The molecule has 0 atom stereocenters. The smallest absolute Gasteiger partial charge is 0.319 e. The molecule has 22 heavy (non-hydrogen) atoms. The normalized spacial score (nSPS) is 10.5. The summed E-state index contributed by atoms with van der Waals surface area (Å²) in [6.07, 6.45) is -1.91. The molecule has 0 unspecified atom stereocenters. The lowest BCUT2D eigenvalue weighted by Crippen LogP contribution is -2.30. The first-order chi connectivity index (χ1) is 10.5. The highest BCUT2D eigenvalue weighted by atomic mass is 35.5. The fourth-order valence-electron chi connectivity index (χ4n) is 1.90. The summed E-state index contributed by atoms with van der Waals surface area (Å²) >= 11 is 5.79. The predicted molar refractivity (Wildman–Crippen MR) is 83.6 cm³/mol. The van der Waals surface area contributed by atoms with Gasteiger partial charge in [0.2, 0.25) is 0 Å². The first kappa shape index (κ1) is 16.2. The number of anilines is 1. The highest BCUT2D eigenvalue weighted by molar-refractivity contribution is 6.30. The van der Waals surface area contributed by atoms with Crippen molar-refractivity contribution in [1.29, 1.82) is 0 Å². The zero-order chi connectivity index (χ0) is 15.9. The Morgan fingerprint density at radius 3 is 2.55 bits per heavy atom. The minimum Gasteiger partial charge on any atom is -0.338 e. The second-order valence-corrected chi connectivity index (χ2v) is 5.12. The number of halogens is 3. The molecular formula is C16H15ClF2N2O. The Hall–Kier alpha value is -2.14. The average molecular weight is 325 g/mol. The van der Waals surface area contributed by atoms with E-state index in [-0.39, 0.29) is 5.56 Å². The van der Waals surface area contributed by atoms with Gasteiger partial charge in [-0.1, -0.05) is 35.9 Å². The van der Waals surface area contributed by atoms with E-state index in [1.807, 2.05) is 12.1 Å². The van der Waals surface area contributed by atoms with Gasteiger partial charge in [-0.2, -0.15) is 0 Å². The number of hydrogen-bond acceptors (Lipinski definition) is 1. The Morgan fingerprint density at radius 2 is 1.86 bits per heavy atom. The van der Waals surface area contributed by atoms with Crippen molar-refractivity contribution in [1.82, 2.24) is 5.32 Å². The van der Waals surface area contributed by atoms with E-state index in [4.69, 9.17) is 11.6 Å². The van der Waals surface area contributed by atoms with Gasteiger partial charge in [0.25, 0.3) is 6.43 Å². The van der Waals surface area contributed by atoms with E-state index in [0.717, 1.165) is 5.56 Å². The van der Waals surface area contributed by atoms with Crippen LogP contribution in [-0.4, -0.2) is 12.6 Å². The third-order valence-electron chi connectivity index (χ3n) is 3.01. The molecule has 2 rings (SSSR count). The molecule has 0 fully saturated rings. The molecule has 2 aromatic rings. The van der Waals surface area contributed by atoms with Crippen LogP contribution in [0.3, 0.4) is 0 Å². The number of benzene rings is 2. The van der Waals surface area contributed by atoms with Crippen molar-refractivity contribution in [3.8, 4) is 0 Å². The highest BCUT2D eigenvalue weighted by Gasteiger charge is 2.08. The quantitative estimate of drug-likeness (QED) is 0.826. The van der Waals surface area contributed by atoms with E-state index >= 15 is 0 Å². The Kier molecular flexibility index (Phi) is 5.72. The summed E-state index contributed by atoms with van der Waals surface area (Å²) in [6.45, 7) is 0.433. The molecule has 2 amide bonds. The van der Waals surface area contributed by atoms with Gasteiger partial charge >= 0.3 is 6.03 Å². The zero-order valence-corrected chi connectivity index (χ0v) is 12.4. The lowest BCUT2D eigenvalue weighted by atomic mass is 10.1. The van der Waals surface area contributed by atoms with E-state index in [2.05, 4.69) is 10.6 Å². The van der Waals surface area contributed by atoms with Crippen LogP contribution in [-0.2, 0) is 6.42 Å². The summed E-state index contributed by atoms with van der Waals surface area (Å²) in [6, 6.07) is 12.5. The fraction of sp³-hybridized carbons (Fsp3) is 0.188. The van der Waals surface area contributed by atoms with E-state index in [1.54, 1.807) is 18.2 Å². The summed E-state index contributed by atoms with van der Waals surface area (Å²) in [5.74, 6) is 0. The molecule has 3 nitrogen and oxygen atoms in total. The third kappa shape index (κ3) is 5.00. The van der Waals surface area contributed by atoms with Crippen molar-refractivity contribution in [2.45, 2.75) is 12.8 Å². The SMILES string of the molecule is O=C(NCCc1ccc(Cl)cc1)Nc1cccc(C(F)F)c1. The molecule has 0 radical (unpaired) electrons. The van der Waals surface area contributed by atoms with Gasteiger partial charge in [0.1, 0.15) is 0 Å². The summed E-state index contributed by atoms with van der Waals surface area (Å²) in [4.78, 5) is 11.7. The zero-order valence-electron chi connectivity index (χ0n) is 11.7. The van der Waals surface area contributed by atoms with Crippen LogP contribution in [0.5, 0.6) is 0 Å². The van der Waals surface area contributed by atoms with Gasteiger partial charge in [-0.3, -0.25) is 0 Å². The van der Waals surface area contributed by atoms with Crippen molar-refractivity contribution < 1.29 is 13.6 Å². The highest BCUT2D eigenvalue weighted by Crippen LogP contribution is 2.21. The van der Waals surface area contributed by atoms with Crippen LogP contribution in [0.15, 0.2) is 48.5 Å². The average Bonchev–Trinajstić information content (AvgIpc) is 2.49. The minimum absolute atomic E-state index is 0.126. The van der Waals surface area contributed by atoms with Gasteiger partial charge in [0.05, 0.1) is 0 Å². The molecule has 2 N–H and O–H groups in total. The molecule has 0 spiro atoms. The summed E-state index contributed by atoms with van der Waals surface area (Å²) < 4.78 is 25.1. The van der Waals surface area contributed by atoms with Crippen molar-refractivity contribution in [2.24, 2.45) is 0 Å². The first-order valence-electron chi connectivity index (χ1n) is 6.72. The van der Waals surface area contributed by atoms with Crippen LogP contribution < -0.4 is 10.6 Å². The largest absolute Gasteiger partial charge is 0.338 e. The molecule has 0 saturated carbocycles. The van der Waals surface area contributed by atoms with Crippen LogP contribution in [0.4, 0.5) is 19.3 Å². The van der Waals surface area contributed by atoms with Crippen LogP contribution in [0, 0.1) is 0 Å². The lowest BCUT2D eigenvalue weighted by molar-refractivity contribution is 0.151. The molecule has 0 aliphatic carbocycles. The van der Waals surface area contributed by atoms with E-state index in [9.17, 15) is 13.6 Å². The Morgan fingerprint density at radius 1 is 1.14 bits per heavy atom. The van der Waals surface area contributed by atoms with Crippen molar-refractivity contribution >= 4 is 23.3 Å². The number of rotatable bonds is 5. The van der Waals surface area contributed by atoms with Gasteiger partial charge < -0.3 is 10.6 Å². The number of urea groups is 1. The second kappa shape index (κ2) is 7.75. The summed E-state index contributed by atoms with van der Waals surface area (Å²) in [5.41, 5.74) is 1.25. The molecule has 2 aromatic carbocycles. The molecule has 0 bridgehead atoms. The standard InChI is InChI=1S/C16H15ClF2N2O/c17-13-6-4-11(5-7-13)8-9-20-16(22)21-14-3-1-2-12(10-14)15(18)19/h1-7,10,15H,8-9H2,(H2,20,21,22). The maximum absolute atomic E-state index is 12.6. The molecule has 0 aromatic heterocycles. The van der Waals surface area contributed by atoms with Crippen LogP contribution in [0.25, 0.3) is 0 Å². The van der Waals surface area contributed by atoms with Gasteiger partial charge in [0.15, 0.2) is 0 Å². The van der Waals surface area contributed by atoms with E-state index in [1.165, 1.54) is 18.2 Å². The van der Waals surface area contributed by atoms with Gasteiger partial charge in [-0.25, -0.2) is 13.6 Å². The molecule has 116 valence electrons. The maximum Gasteiger partial charge on any atom is 0.319 e. The molecule has 0 aliphatic rings. The van der Waals surface area contributed by atoms with Crippen LogP contribution in [0.1, 0.15) is 17.6 Å². The summed E-state index contributed by atoms with van der Waals surface area (Å²) in [7, 11) is 0. The van der Waals surface area contributed by atoms with E-state index < -0.39 is 12.5 Å². The molecule has 0 heterocycles. The Bertz CT molecular complexity index is 632. The van der Waals surface area contributed by atoms with Crippen LogP contribution >= 0.6 is 11.6 Å². The summed E-state index contributed by atoms with van der Waals surface area (Å²) in [5, 5.41) is 5.86. The number of carbonyl (C=O) groups is 1. The van der Waals surface area contributed by atoms with Crippen molar-refractivity contribution in [3.63, 3.8) is 0 Å². The van der Waals surface area contributed by atoms with Gasteiger partial charge in [0, 0.05) is 22.8 Å². The lowest BCUT2D eigenvalue weighted by Gasteiger charge is -2.09. The molecule has 6 heteroatoms. The van der Waals surface area contributed by atoms with Crippen LogP contribution in [0.2, 0.25) is 5.02 Å². The number of hydrogen-bond donors (Lipinski definition) is 2. The topological polar surface area (TPSA) is 41.1 Å². The molecule has 0 saturated heterocycles. The monoisotopic (exact) mass is 324 g/mol. The first-order valence-corrected chi connectivity index (χ1v) is 7.10. The number of alkyl halides is 2. The predicted octanol–water partition coefficient (Wildman–Crippen LogP) is 4.64. The van der Waals surface area contributed by atoms with Gasteiger partial charge in [-0.05, 0) is 36.2 Å². The third-order valence-corrected chi connectivity index (χ3v) is 3.26. The van der Waals surface area contributed by atoms with Gasteiger partial charge in [-0.15, -0.1) is 0 Å². The Balaban J connectivity index is 1.80. The maximum atomic E-state index is 12.6. The van der Waals surface area contributed by atoms with Crippen molar-refractivity contribution in [3.05, 3.63) is 64.7 Å². The Labute approximate surface area is 132 Å². The number of amides is 2. The molecule has 0 aliphatic heterocycles. The number of carbonyl (C=O) groups excluding carboxylic acids is 1. The van der Waals surface area contributed by atoms with Crippen molar-refractivity contribution in [2.75, 3.05) is 11.9 Å². The number of nitrogens with one attached hydrogen (secondary N) is 2. The molecular weight excluding hydrogens is 310 g/mol. The second-order valence-electron chi connectivity index (χ2n) is 4.68. The van der Waals surface area contributed by atoms with E-state index in [0.29, 0.717) is 23.7 Å². The fourth-order valence-corrected chi connectivity index (χ4v) is 2.02.